The van der Waals surface area contributed by atoms with Gasteiger partial charge in [-0.1, -0.05) is 6.92 Å². The van der Waals surface area contributed by atoms with Gasteiger partial charge in [0.25, 0.3) is 0 Å². The molecule has 1 heterocycles. The van der Waals surface area contributed by atoms with Crippen LogP contribution in [0.2, 0.25) is 0 Å². The number of aryl methyl sites for hydroxylation is 1. The first-order valence-electron chi connectivity index (χ1n) is 6.92. The van der Waals surface area contributed by atoms with Crippen molar-refractivity contribution < 1.29 is 4.39 Å². The van der Waals surface area contributed by atoms with E-state index in [0.29, 0.717) is 0 Å². The molecule has 0 spiro atoms. The molecule has 1 aromatic carbocycles. The van der Waals surface area contributed by atoms with E-state index in [1.54, 1.807) is 6.07 Å². The summed E-state index contributed by atoms with van der Waals surface area (Å²) in [5.41, 5.74) is 3.03. The van der Waals surface area contributed by atoms with Crippen LogP contribution >= 0.6 is 0 Å². The van der Waals surface area contributed by atoms with Gasteiger partial charge in [-0.25, -0.2) is 4.39 Å². The fraction of sp³-hybridized carbons (Fsp3) is 0.600. The van der Waals surface area contributed by atoms with Gasteiger partial charge in [-0.15, -0.1) is 0 Å². The van der Waals surface area contributed by atoms with Crippen molar-refractivity contribution in [1.29, 1.82) is 0 Å². The lowest BCUT2D eigenvalue weighted by Crippen LogP contribution is -2.24. The van der Waals surface area contributed by atoms with Gasteiger partial charge in [0.05, 0.1) is 0 Å². The molecule has 0 aromatic heterocycles. The van der Waals surface area contributed by atoms with Crippen LogP contribution in [0.1, 0.15) is 43.9 Å². The number of benzene rings is 1. The average molecular weight is 250 g/mol. The number of halogens is 1. The van der Waals surface area contributed by atoms with E-state index in [4.69, 9.17) is 0 Å². The van der Waals surface area contributed by atoms with Gasteiger partial charge in [-0.05, 0) is 56.5 Å². The van der Waals surface area contributed by atoms with Gasteiger partial charge in [-0.3, -0.25) is 0 Å². The van der Waals surface area contributed by atoms with Gasteiger partial charge in [0, 0.05) is 24.8 Å². The summed E-state index contributed by atoms with van der Waals surface area (Å²) in [6.45, 7) is 9.12. The minimum Gasteiger partial charge on any atom is -0.371 e. The van der Waals surface area contributed by atoms with E-state index >= 15 is 0 Å². The van der Waals surface area contributed by atoms with Crippen LogP contribution < -0.4 is 10.2 Å². The van der Waals surface area contributed by atoms with Crippen LogP contribution in [-0.2, 0) is 0 Å². The summed E-state index contributed by atoms with van der Waals surface area (Å²) in [6, 6.07) is 3.90. The van der Waals surface area contributed by atoms with Crippen molar-refractivity contribution >= 4 is 5.69 Å². The molecule has 0 aliphatic carbocycles. The molecule has 0 saturated carbocycles. The second kappa shape index (κ2) is 5.70. The highest BCUT2D eigenvalue weighted by Crippen LogP contribution is 2.31. The third-order valence-electron chi connectivity index (χ3n) is 3.73. The predicted molar refractivity (Wildman–Crippen MR) is 74.7 cm³/mol. The van der Waals surface area contributed by atoms with Crippen molar-refractivity contribution in [2.24, 2.45) is 0 Å². The van der Waals surface area contributed by atoms with E-state index in [0.717, 1.165) is 30.8 Å². The zero-order valence-electron chi connectivity index (χ0n) is 11.6. The molecule has 1 unspecified atom stereocenters. The zero-order chi connectivity index (χ0) is 13.1. The topological polar surface area (TPSA) is 15.3 Å². The summed E-state index contributed by atoms with van der Waals surface area (Å²) in [5, 5.41) is 3.38. The normalized spacial score (nSPS) is 17.2. The quantitative estimate of drug-likeness (QED) is 0.881. The standard InChI is InChI=1S/C15H23FN2/c1-4-17-12(3)13-10-14(16)11(2)9-15(13)18-7-5-6-8-18/h9-10,12,17H,4-8H2,1-3H3. The minimum atomic E-state index is -0.0994. The Bertz CT molecular complexity index is 411. The second-order valence-corrected chi connectivity index (χ2v) is 5.13. The summed E-state index contributed by atoms with van der Waals surface area (Å²) in [6.07, 6.45) is 2.48. The van der Waals surface area contributed by atoms with Crippen LogP contribution in [0.25, 0.3) is 0 Å². The van der Waals surface area contributed by atoms with E-state index in [1.165, 1.54) is 18.5 Å². The number of nitrogens with one attached hydrogen (secondary N) is 1. The van der Waals surface area contributed by atoms with Crippen LogP contribution in [0.5, 0.6) is 0 Å². The molecule has 100 valence electrons. The lowest BCUT2D eigenvalue weighted by atomic mass is 10.0. The Morgan fingerprint density at radius 3 is 2.61 bits per heavy atom. The summed E-state index contributed by atoms with van der Waals surface area (Å²) < 4.78 is 13.8. The molecule has 0 radical (unpaired) electrons. The molecule has 1 N–H and O–H groups in total. The molecule has 1 aromatic rings. The third-order valence-corrected chi connectivity index (χ3v) is 3.73. The highest BCUT2D eigenvalue weighted by atomic mass is 19.1. The predicted octanol–water partition coefficient (Wildman–Crippen LogP) is 3.40. The molecule has 1 atom stereocenters. The molecule has 1 aliphatic heterocycles. The van der Waals surface area contributed by atoms with Gasteiger partial charge in [0.1, 0.15) is 5.82 Å². The first-order valence-corrected chi connectivity index (χ1v) is 6.92. The first kappa shape index (κ1) is 13.3. The average Bonchev–Trinajstić information content (AvgIpc) is 2.86. The fourth-order valence-electron chi connectivity index (χ4n) is 2.68. The largest absolute Gasteiger partial charge is 0.371 e. The minimum absolute atomic E-state index is 0.0994. The number of hydrogen-bond acceptors (Lipinski definition) is 2. The van der Waals surface area contributed by atoms with Gasteiger partial charge in [0.2, 0.25) is 0 Å². The number of nitrogens with zero attached hydrogens (tertiary/aromatic N) is 1. The Balaban J connectivity index is 2.37. The van der Waals surface area contributed by atoms with Crippen molar-refractivity contribution in [3.8, 4) is 0 Å². The first-order chi connectivity index (χ1) is 8.63. The summed E-state index contributed by atoms with van der Waals surface area (Å²) in [4.78, 5) is 2.38. The molecule has 3 heteroatoms. The Morgan fingerprint density at radius 2 is 2.00 bits per heavy atom. The molecule has 0 amide bonds. The lowest BCUT2D eigenvalue weighted by molar-refractivity contribution is 0.579. The maximum absolute atomic E-state index is 13.8. The van der Waals surface area contributed by atoms with Crippen molar-refractivity contribution in [2.45, 2.75) is 39.7 Å². The molecule has 18 heavy (non-hydrogen) atoms. The van der Waals surface area contributed by atoms with Crippen molar-refractivity contribution in [1.82, 2.24) is 5.32 Å². The van der Waals surface area contributed by atoms with Crippen molar-refractivity contribution in [2.75, 3.05) is 24.5 Å². The Kier molecular flexibility index (Phi) is 4.23. The molecule has 1 fully saturated rings. The number of rotatable bonds is 4. The van der Waals surface area contributed by atoms with Crippen LogP contribution in [0.15, 0.2) is 12.1 Å². The number of hydrogen-bond donors (Lipinski definition) is 1. The summed E-state index contributed by atoms with van der Waals surface area (Å²) in [7, 11) is 0. The van der Waals surface area contributed by atoms with Crippen LogP contribution in [0.4, 0.5) is 10.1 Å². The maximum Gasteiger partial charge on any atom is 0.126 e. The van der Waals surface area contributed by atoms with E-state index in [1.807, 2.05) is 13.0 Å². The van der Waals surface area contributed by atoms with Gasteiger partial charge in [-0.2, -0.15) is 0 Å². The van der Waals surface area contributed by atoms with E-state index in [-0.39, 0.29) is 11.9 Å². The van der Waals surface area contributed by atoms with Crippen LogP contribution in [0, 0.1) is 12.7 Å². The summed E-state index contributed by atoms with van der Waals surface area (Å²) in [5.74, 6) is -0.0994. The highest BCUT2D eigenvalue weighted by molar-refractivity contribution is 5.57. The maximum atomic E-state index is 13.8. The van der Waals surface area contributed by atoms with E-state index in [9.17, 15) is 4.39 Å². The zero-order valence-corrected chi connectivity index (χ0v) is 11.6. The number of anilines is 1. The molecular weight excluding hydrogens is 227 g/mol. The Hall–Kier alpha value is -1.09. The van der Waals surface area contributed by atoms with Crippen LogP contribution in [-0.4, -0.2) is 19.6 Å². The molecular formula is C15H23FN2. The van der Waals surface area contributed by atoms with Gasteiger partial charge < -0.3 is 10.2 Å². The molecule has 2 nitrogen and oxygen atoms in total. The Morgan fingerprint density at radius 1 is 1.33 bits per heavy atom. The van der Waals surface area contributed by atoms with E-state index in [2.05, 4.69) is 24.1 Å². The van der Waals surface area contributed by atoms with Gasteiger partial charge >= 0.3 is 0 Å². The van der Waals surface area contributed by atoms with Crippen molar-refractivity contribution in [3.63, 3.8) is 0 Å². The summed E-state index contributed by atoms with van der Waals surface area (Å²) >= 11 is 0. The van der Waals surface area contributed by atoms with Crippen LogP contribution in [0.3, 0.4) is 0 Å². The smallest absolute Gasteiger partial charge is 0.126 e. The Labute approximate surface area is 109 Å². The monoisotopic (exact) mass is 250 g/mol. The fourth-order valence-corrected chi connectivity index (χ4v) is 2.68. The molecule has 1 aliphatic rings. The highest BCUT2D eigenvalue weighted by Gasteiger charge is 2.20. The van der Waals surface area contributed by atoms with Gasteiger partial charge in [0.15, 0.2) is 0 Å². The molecule has 0 bridgehead atoms. The third kappa shape index (κ3) is 2.66. The lowest BCUT2D eigenvalue weighted by Gasteiger charge is -2.25. The second-order valence-electron chi connectivity index (χ2n) is 5.13. The molecule has 1 saturated heterocycles. The molecule has 2 rings (SSSR count). The van der Waals surface area contributed by atoms with Crippen molar-refractivity contribution in [3.05, 3.63) is 29.1 Å². The SMILES string of the molecule is CCNC(C)c1cc(F)c(C)cc1N1CCCC1. The van der Waals surface area contributed by atoms with E-state index < -0.39 is 0 Å².